The summed E-state index contributed by atoms with van der Waals surface area (Å²) in [5.74, 6) is 1.64. The molecular weight excluding hydrogens is 513 g/mol. The van der Waals surface area contributed by atoms with E-state index in [1.165, 1.54) is 23.2 Å². The maximum atomic E-state index is 13.4. The third kappa shape index (κ3) is 4.97. The maximum Gasteiger partial charge on any atom is 0.394 e. The Morgan fingerprint density at radius 3 is 2.10 bits per heavy atom. The first-order valence-corrected chi connectivity index (χ1v) is 14.4. The summed E-state index contributed by atoms with van der Waals surface area (Å²) in [6, 6.07) is 14.6. The van der Waals surface area contributed by atoms with Gasteiger partial charge >= 0.3 is 6.18 Å². The number of aromatic amines is 2. The first kappa shape index (κ1) is 25.5. The van der Waals surface area contributed by atoms with Gasteiger partial charge in [-0.05, 0) is 80.3 Å². The van der Waals surface area contributed by atoms with Gasteiger partial charge in [-0.15, -0.1) is 0 Å². The molecule has 0 saturated carbocycles. The van der Waals surface area contributed by atoms with Crippen LogP contribution in [-0.2, 0) is 19.3 Å². The molecule has 6 nitrogen and oxygen atoms in total. The number of imidazole rings is 2. The third-order valence-corrected chi connectivity index (χ3v) is 8.48. The fraction of sp³-hybridized carbons (Fsp3) is 0.419. The Balaban J connectivity index is 1.18. The number of nitrogens with zero attached hydrogens (tertiary/aromatic N) is 2. The number of H-pyrrole nitrogens is 2. The number of hydrogen-bond donors (Lipinski definition) is 4. The van der Waals surface area contributed by atoms with Gasteiger partial charge in [0.15, 0.2) is 0 Å². The molecule has 2 atom stereocenters. The molecule has 2 aliphatic heterocycles. The molecule has 40 heavy (non-hydrogen) atoms. The van der Waals surface area contributed by atoms with Gasteiger partial charge in [-0.25, -0.2) is 9.97 Å². The van der Waals surface area contributed by atoms with Crippen molar-refractivity contribution in [1.82, 2.24) is 30.6 Å². The SMILES string of the molecule is FC(F)(F)Cc1nc([C@@H]2CCCN2)[nH]c1-c1ccc(-c2ccc3c(c2)CCCc2[nH]c([C@@H]4CCCN4)nc2-3)cc1. The number of aryl methyl sites for hydroxylation is 2. The minimum Gasteiger partial charge on any atom is -0.344 e. The summed E-state index contributed by atoms with van der Waals surface area (Å²) >= 11 is 0. The zero-order valence-corrected chi connectivity index (χ0v) is 22.3. The summed E-state index contributed by atoms with van der Waals surface area (Å²) in [6.45, 7) is 1.89. The van der Waals surface area contributed by atoms with Crippen molar-refractivity contribution in [3.63, 3.8) is 0 Å². The largest absolute Gasteiger partial charge is 0.394 e. The van der Waals surface area contributed by atoms with Gasteiger partial charge in [-0.3, -0.25) is 0 Å². The van der Waals surface area contributed by atoms with Crippen LogP contribution in [0.5, 0.6) is 0 Å². The lowest BCUT2D eigenvalue weighted by Gasteiger charge is -2.11. The molecule has 4 aromatic rings. The van der Waals surface area contributed by atoms with Crippen LogP contribution in [-0.4, -0.2) is 39.2 Å². The maximum absolute atomic E-state index is 13.4. The Bertz CT molecular complexity index is 1510. The predicted molar refractivity (Wildman–Crippen MR) is 149 cm³/mol. The lowest BCUT2D eigenvalue weighted by atomic mass is 9.95. The van der Waals surface area contributed by atoms with Gasteiger partial charge < -0.3 is 20.6 Å². The van der Waals surface area contributed by atoms with E-state index in [1.54, 1.807) is 0 Å². The summed E-state index contributed by atoms with van der Waals surface area (Å²) in [7, 11) is 0. The average Bonchev–Trinajstić information content (AvgIpc) is 3.74. The summed E-state index contributed by atoms with van der Waals surface area (Å²) in [6.07, 6.45) is 1.80. The first-order chi connectivity index (χ1) is 19.4. The van der Waals surface area contributed by atoms with Gasteiger partial charge in [-0.2, -0.15) is 13.2 Å². The number of halogens is 3. The fourth-order valence-corrected chi connectivity index (χ4v) is 6.48. The molecule has 3 aliphatic rings. The molecule has 0 unspecified atom stereocenters. The molecule has 0 amide bonds. The molecule has 2 saturated heterocycles. The first-order valence-electron chi connectivity index (χ1n) is 14.4. The van der Waals surface area contributed by atoms with E-state index in [-0.39, 0.29) is 11.7 Å². The van der Waals surface area contributed by atoms with E-state index >= 15 is 0 Å². The van der Waals surface area contributed by atoms with Crippen LogP contribution in [0.4, 0.5) is 13.2 Å². The zero-order chi connectivity index (χ0) is 27.3. The van der Waals surface area contributed by atoms with E-state index in [4.69, 9.17) is 4.98 Å². The summed E-state index contributed by atoms with van der Waals surface area (Å²) in [5.41, 5.74) is 8.11. The van der Waals surface area contributed by atoms with Gasteiger partial charge in [0.25, 0.3) is 0 Å². The molecule has 2 aromatic carbocycles. The minimum absolute atomic E-state index is 0.0277. The number of fused-ring (bicyclic) bond motifs is 3. The molecule has 2 aromatic heterocycles. The van der Waals surface area contributed by atoms with E-state index in [9.17, 15) is 13.2 Å². The Morgan fingerprint density at radius 1 is 0.750 bits per heavy atom. The minimum atomic E-state index is -4.32. The number of nitrogens with one attached hydrogen (secondary N) is 4. The lowest BCUT2D eigenvalue weighted by Crippen LogP contribution is -2.15. The van der Waals surface area contributed by atoms with E-state index < -0.39 is 12.6 Å². The molecular formula is C31H33F3N6. The number of rotatable bonds is 5. The Morgan fingerprint density at radius 2 is 1.43 bits per heavy atom. The molecule has 208 valence electrons. The number of alkyl halides is 3. The number of hydrogen-bond acceptors (Lipinski definition) is 4. The molecule has 0 radical (unpaired) electrons. The van der Waals surface area contributed by atoms with Crippen LogP contribution in [0.15, 0.2) is 42.5 Å². The van der Waals surface area contributed by atoms with Crippen molar-refractivity contribution in [3.8, 4) is 33.6 Å². The van der Waals surface area contributed by atoms with E-state index in [1.807, 2.05) is 24.3 Å². The van der Waals surface area contributed by atoms with Gasteiger partial charge in [0.1, 0.15) is 11.6 Å². The second kappa shape index (κ2) is 10.2. The van der Waals surface area contributed by atoms with E-state index in [0.717, 1.165) is 74.3 Å². The highest BCUT2D eigenvalue weighted by Crippen LogP contribution is 2.37. The second-order valence-corrected chi connectivity index (χ2v) is 11.3. The monoisotopic (exact) mass is 546 g/mol. The van der Waals surface area contributed by atoms with Crippen LogP contribution in [0.25, 0.3) is 33.6 Å². The van der Waals surface area contributed by atoms with E-state index in [2.05, 4.69) is 43.8 Å². The van der Waals surface area contributed by atoms with Crippen molar-refractivity contribution >= 4 is 0 Å². The molecule has 1 aliphatic carbocycles. The Kier molecular flexibility index (Phi) is 6.51. The molecule has 4 heterocycles. The van der Waals surface area contributed by atoms with Gasteiger partial charge in [-0.1, -0.05) is 42.5 Å². The fourth-order valence-electron chi connectivity index (χ4n) is 6.48. The Labute approximate surface area is 231 Å². The number of aromatic nitrogens is 4. The summed E-state index contributed by atoms with van der Waals surface area (Å²) < 4.78 is 40.1. The van der Waals surface area contributed by atoms with Gasteiger partial charge in [0.05, 0.1) is 35.6 Å². The predicted octanol–water partition coefficient (Wildman–Crippen LogP) is 6.58. The van der Waals surface area contributed by atoms with E-state index in [0.29, 0.717) is 23.1 Å². The van der Waals surface area contributed by atoms with Crippen molar-refractivity contribution in [3.05, 3.63) is 71.1 Å². The number of benzene rings is 2. The summed E-state index contributed by atoms with van der Waals surface area (Å²) in [4.78, 5) is 16.2. The van der Waals surface area contributed by atoms with Crippen molar-refractivity contribution in [2.24, 2.45) is 0 Å². The van der Waals surface area contributed by atoms with Gasteiger partial charge in [0, 0.05) is 11.3 Å². The smallest absolute Gasteiger partial charge is 0.344 e. The molecule has 4 N–H and O–H groups in total. The van der Waals surface area contributed by atoms with Crippen molar-refractivity contribution in [2.45, 2.75) is 69.6 Å². The molecule has 7 rings (SSSR count). The normalized spacial score (nSPS) is 20.9. The van der Waals surface area contributed by atoms with Crippen LogP contribution >= 0.6 is 0 Å². The third-order valence-electron chi connectivity index (χ3n) is 8.48. The highest BCUT2D eigenvalue weighted by atomic mass is 19.4. The van der Waals surface area contributed by atoms with Crippen molar-refractivity contribution < 1.29 is 13.2 Å². The van der Waals surface area contributed by atoms with Crippen molar-refractivity contribution in [1.29, 1.82) is 0 Å². The zero-order valence-electron chi connectivity index (χ0n) is 22.3. The van der Waals surface area contributed by atoms with Crippen LogP contribution in [0.3, 0.4) is 0 Å². The Hall–Kier alpha value is -3.43. The van der Waals surface area contributed by atoms with Crippen LogP contribution < -0.4 is 10.6 Å². The topological polar surface area (TPSA) is 81.4 Å². The van der Waals surface area contributed by atoms with Crippen LogP contribution in [0, 0.1) is 0 Å². The average molecular weight is 547 g/mol. The van der Waals surface area contributed by atoms with Crippen molar-refractivity contribution in [2.75, 3.05) is 13.1 Å². The molecule has 9 heteroatoms. The lowest BCUT2D eigenvalue weighted by molar-refractivity contribution is -0.127. The molecule has 2 fully saturated rings. The standard InChI is InChI=1S/C31H33F3N6/c32-31(33,34)17-26-27(39-30(38-26)25-7-3-15-36-25)19-10-8-18(9-11-19)20-12-13-22-21(16-20)4-1-5-23-28(22)40-29(37-23)24-6-2-14-35-24/h8-13,16,24-25,35-36H,1-7,14-15,17H2,(H,37,40)(H,38,39)/t24-,25-/m0/s1. The van der Waals surface area contributed by atoms with Gasteiger partial charge in [0.2, 0.25) is 0 Å². The second-order valence-electron chi connectivity index (χ2n) is 11.3. The van der Waals surface area contributed by atoms with Crippen LogP contribution in [0.2, 0.25) is 0 Å². The highest BCUT2D eigenvalue weighted by Gasteiger charge is 2.32. The molecule has 0 bridgehead atoms. The summed E-state index contributed by atoms with van der Waals surface area (Å²) in [5, 5.41) is 6.86. The quantitative estimate of drug-likeness (QED) is 0.228. The van der Waals surface area contributed by atoms with Crippen LogP contribution in [0.1, 0.15) is 72.8 Å². The highest BCUT2D eigenvalue weighted by molar-refractivity contribution is 5.75. The molecule has 0 spiro atoms.